The summed E-state index contributed by atoms with van der Waals surface area (Å²) in [6, 6.07) is 0. The highest BCUT2D eigenvalue weighted by Crippen LogP contribution is 2.39. The van der Waals surface area contributed by atoms with Gasteiger partial charge in [0.2, 0.25) is 17.7 Å². The molecule has 0 bridgehead atoms. The largest absolute Gasteiger partial charge is 0.373 e. The zero-order chi connectivity index (χ0) is 26.2. The number of hydrogen-bond acceptors (Lipinski definition) is 4. The molecule has 0 aromatic rings. The minimum Gasteiger partial charge on any atom is -0.373 e. The van der Waals surface area contributed by atoms with Gasteiger partial charge < -0.3 is 20.6 Å². The van der Waals surface area contributed by atoms with Crippen LogP contribution in [0.2, 0.25) is 0 Å². The fourth-order valence-corrected chi connectivity index (χ4v) is 5.22. The summed E-state index contributed by atoms with van der Waals surface area (Å²) >= 11 is 0. The van der Waals surface area contributed by atoms with Crippen molar-refractivity contribution in [1.29, 1.82) is 0 Å². The van der Waals surface area contributed by atoms with E-state index in [4.69, 9.17) is 0 Å². The molecule has 0 spiro atoms. The summed E-state index contributed by atoms with van der Waals surface area (Å²) in [6.07, 6.45) is 7.54. The molecule has 7 heteroatoms. The first kappa shape index (κ1) is 29.6. The van der Waals surface area contributed by atoms with Crippen molar-refractivity contribution in [3.05, 3.63) is 0 Å². The Labute approximate surface area is 213 Å². The second-order valence-electron chi connectivity index (χ2n) is 13.1. The number of nitrogens with one attached hydrogen (secondary N) is 2. The van der Waals surface area contributed by atoms with E-state index in [1.807, 2.05) is 0 Å². The maximum Gasteiger partial charge on any atom is 0.228 e. The number of aliphatic hydroxyl groups excluding tert-OH is 1. The van der Waals surface area contributed by atoms with Gasteiger partial charge in [-0.2, -0.15) is 0 Å². The second-order valence-corrected chi connectivity index (χ2v) is 13.1. The van der Waals surface area contributed by atoms with Gasteiger partial charge in [-0.05, 0) is 61.7 Å². The highest BCUT2D eigenvalue weighted by atomic mass is 16.3. The maximum absolute atomic E-state index is 12.8. The van der Waals surface area contributed by atoms with Crippen molar-refractivity contribution in [3.8, 4) is 0 Å². The van der Waals surface area contributed by atoms with Crippen molar-refractivity contribution < 1.29 is 19.5 Å². The van der Waals surface area contributed by atoms with E-state index in [0.717, 1.165) is 57.9 Å². The molecule has 1 aliphatic carbocycles. The average molecular weight is 494 g/mol. The lowest BCUT2D eigenvalue weighted by Crippen LogP contribution is -2.41. The molecule has 1 aliphatic heterocycles. The molecule has 2 unspecified atom stereocenters. The summed E-state index contributed by atoms with van der Waals surface area (Å²) in [6.45, 7) is 14.7. The predicted molar refractivity (Wildman–Crippen MR) is 139 cm³/mol. The summed E-state index contributed by atoms with van der Waals surface area (Å²) in [7, 11) is 0. The molecule has 35 heavy (non-hydrogen) atoms. The first-order chi connectivity index (χ1) is 16.3. The molecule has 202 valence electrons. The third-order valence-corrected chi connectivity index (χ3v) is 7.68. The summed E-state index contributed by atoms with van der Waals surface area (Å²) in [5.74, 6) is 0.600. The van der Waals surface area contributed by atoms with Gasteiger partial charge in [0.1, 0.15) is 6.23 Å². The summed E-state index contributed by atoms with van der Waals surface area (Å²) < 4.78 is 0. The Kier molecular flexibility index (Phi) is 11.1. The first-order valence-electron chi connectivity index (χ1n) is 13.8. The van der Waals surface area contributed by atoms with Gasteiger partial charge >= 0.3 is 0 Å². The molecular weight excluding hydrogens is 442 g/mol. The fraction of sp³-hybridized carbons (Fsp3) is 0.893. The number of carbonyl (C=O) groups excluding carboxylic acids is 3. The Morgan fingerprint density at radius 2 is 1.60 bits per heavy atom. The predicted octanol–water partition coefficient (Wildman–Crippen LogP) is 4.23. The number of hydrogen-bond donors (Lipinski definition) is 3. The van der Waals surface area contributed by atoms with E-state index in [0.29, 0.717) is 31.8 Å². The summed E-state index contributed by atoms with van der Waals surface area (Å²) in [5.41, 5.74) is 0.0942. The number of carbonyl (C=O) groups is 3. The number of likely N-dealkylation sites (tertiary alicyclic amines) is 1. The Morgan fingerprint density at radius 3 is 2.17 bits per heavy atom. The molecule has 2 aliphatic rings. The van der Waals surface area contributed by atoms with E-state index >= 15 is 0 Å². The third kappa shape index (κ3) is 10.1. The van der Waals surface area contributed by atoms with Crippen LogP contribution in [0.3, 0.4) is 0 Å². The molecule has 2 atom stereocenters. The fourth-order valence-electron chi connectivity index (χ4n) is 5.22. The highest BCUT2D eigenvalue weighted by Gasteiger charge is 2.45. The van der Waals surface area contributed by atoms with Gasteiger partial charge in [-0.15, -0.1) is 0 Å². The van der Waals surface area contributed by atoms with Gasteiger partial charge in [-0.25, -0.2) is 0 Å². The molecule has 0 aromatic carbocycles. The van der Waals surface area contributed by atoms with Gasteiger partial charge in [0.15, 0.2) is 0 Å². The van der Waals surface area contributed by atoms with Crippen LogP contribution >= 0.6 is 0 Å². The number of amides is 3. The van der Waals surface area contributed by atoms with Gasteiger partial charge in [0.25, 0.3) is 0 Å². The lowest BCUT2D eigenvalue weighted by molar-refractivity contribution is -0.139. The van der Waals surface area contributed by atoms with Crippen LogP contribution < -0.4 is 10.6 Å². The summed E-state index contributed by atoms with van der Waals surface area (Å²) in [5, 5.41) is 16.5. The van der Waals surface area contributed by atoms with Gasteiger partial charge in [0.05, 0.1) is 0 Å². The molecule has 7 nitrogen and oxygen atoms in total. The number of rotatable bonds is 11. The second kappa shape index (κ2) is 13.1. The Bertz CT molecular complexity index is 702. The van der Waals surface area contributed by atoms with Crippen molar-refractivity contribution in [2.45, 2.75) is 112 Å². The van der Waals surface area contributed by atoms with E-state index in [9.17, 15) is 19.5 Å². The smallest absolute Gasteiger partial charge is 0.228 e. The zero-order valence-electron chi connectivity index (χ0n) is 23.1. The van der Waals surface area contributed by atoms with Crippen molar-refractivity contribution >= 4 is 17.7 Å². The number of aliphatic hydroxyl groups is 1. The molecule has 1 saturated carbocycles. The molecule has 1 saturated heterocycles. The Balaban J connectivity index is 1.56. The van der Waals surface area contributed by atoms with Crippen molar-refractivity contribution in [3.63, 3.8) is 0 Å². The van der Waals surface area contributed by atoms with Gasteiger partial charge in [-0.1, -0.05) is 48.0 Å². The SMILES string of the molecule is CC(C)(C)CCNC(=O)CCCCCNC(=O)C1CCC(CN2C(=O)C(C(C)(C)C)CC2O)CC1. The van der Waals surface area contributed by atoms with E-state index < -0.39 is 6.23 Å². The number of unbranched alkanes of at least 4 members (excludes halogenated alkanes) is 2. The third-order valence-electron chi connectivity index (χ3n) is 7.68. The zero-order valence-corrected chi connectivity index (χ0v) is 23.1. The molecular formula is C28H51N3O4. The minimum atomic E-state index is -0.678. The molecule has 3 N–H and O–H groups in total. The van der Waals surface area contributed by atoms with E-state index in [2.05, 4.69) is 52.2 Å². The minimum absolute atomic E-state index is 0.0429. The van der Waals surface area contributed by atoms with Crippen LogP contribution in [0.1, 0.15) is 106 Å². The Morgan fingerprint density at radius 1 is 0.943 bits per heavy atom. The Hall–Kier alpha value is -1.63. The molecule has 2 rings (SSSR count). The monoisotopic (exact) mass is 493 g/mol. The average Bonchev–Trinajstić information content (AvgIpc) is 3.04. The molecule has 0 radical (unpaired) electrons. The van der Waals surface area contributed by atoms with Crippen molar-refractivity contribution in [1.82, 2.24) is 15.5 Å². The molecule has 0 aromatic heterocycles. The molecule has 3 amide bonds. The van der Waals surface area contributed by atoms with Crippen LogP contribution in [0.25, 0.3) is 0 Å². The molecule has 1 heterocycles. The number of nitrogens with zero attached hydrogens (tertiary/aromatic N) is 1. The van der Waals surface area contributed by atoms with Crippen LogP contribution in [0.5, 0.6) is 0 Å². The van der Waals surface area contributed by atoms with E-state index in [-0.39, 0.29) is 40.4 Å². The van der Waals surface area contributed by atoms with Gasteiger partial charge in [0, 0.05) is 44.3 Å². The lowest BCUT2D eigenvalue weighted by atomic mass is 9.79. The standard InChI is InChI=1S/C28H51N3O4/c1-27(2,3)15-17-29-23(32)10-8-7-9-16-30-25(34)21-13-11-20(12-14-21)19-31-24(33)18-22(26(31)35)28(4,5)6/h20-22,24,33H,7-19H2,1-6H3,(H,29,32)(H,30,34). The first-order valence-corrected chi connectivity index (χ1v) is 13.8. The van der Waals surface area contributed by atoms with Crippen molar-refractivity contribution in [2.75, 3.05) is 19.6 Å². The lowest BCUT2D eigenvalue weighted by Gasteiger charge is -2.32. The van der Waals surface area contributed by atoms with Crippen LogP contribution in [-0.4, -0.2) is 53.6 Å². The quantitative estimate of drug-likeness (QED) is 0.375. The molecule has 2 fully saturated rings. The maximum atomic E-state index is 12.8. The van der Waals surface area contributed by atoms with E-state index in [1.165, 1.54) is 0 Å². The van der Waals surface area contributed by atoms with Crippen LogP contribution in [0.4, 0.5) is 0 Å². The van der Waals surface area contributed by atoms with E-state index in [1.54, 1.807) is 4.90 Å². The van der Waals surface area contributed by atoms with Gasteiger partial charge in [-0.3, -0.25) is 14.4 Å². The normalized spacial score (nSPS) is 25.6. The van der Waals surface area contributed by atoms with Crippen LogP contribution in [-0.2, 0) is 14.4 Å². The van der Waals surface area contributed by atoms with Crippen molar-refractivity contribution in [2.24, 2.45) is 28.6 Å². The van der Waals surface area contributed by atoms with Crippen LogP contribution in [0, 0.1) is 28.6 Å². The topological polar surface area (TPSA) is 98.7 Å². The summed E-state index contributed by atoms with van der Waals surface area (Å²) in [4.78, 5) is 38.9. The highest BCUT2D eigenvalue weighted by molar-refractivity contribution is 5.82. The van der Waals surface area contributed by atoms with Crippen LogP contribution in [0.15, 0.2) is 0 Å².